The van der Waals surface area contributed by atoms with Gasteiger partial charge in [0.05, 0.1) is 24.8 Å². The van der Waals surface area contributed by atoms with Crippen molar-refractivity contribution in [2.24, 2.45) is 0 Å². The first-order valence-electron chi connectivity index (χ1n) is 8.70. The quantitative estimate of drug-likeness (QED) is 0.717. The summed E-state index contributed by atoms with van der Waals surface area (Å²) in [6.45, 7) is 7.49. The Labute approximate surface area is 149 Å². The first-order chi connectivity index (χ1) is 12.2. The van der Waals surface area contributed by atoms with Crippen molar-refractivity contribution in [2.75, 3.05) is 18.5 Å². The Hall–Kier alpha value is -2.74. The van der Waals surface area contributed by atoms with E-state index in [1.807, 2.05) is 25.1 Å². The van der Waals surface area contributed by atoms with Crippen molar-refractivity contribution in [3.05, 3.63) is 47.7 Å². The fourth-order valence-corrected chi connectivity index (χ4v) is 2.35. The molecule has 25 heavy (non-hydrogen) atoms. The van der Waals surface area contributed by atoms with E-state index in [2.05, 4.69) is 30.2 Å². The molecule has 2 aromatic rings. The molecule has 1 unspecified atom stereocenters. The highest BCUT2D eigenvalue weighted by molar-refractivity contribution is 5.53. The maximum absolute atomic E-state index is 9.20. The summed E-state index contributed by atoms with van der Waals surface area (Å²) >= 11 is 0. The lowest BCUT2D eigenvalue weighted by Crippen LogP contribution is -2.10. The van der Waals surface area contributed by atoms with E-state index in [1.54, 1.807) is 18.3 Å². The fourth-order valence-electron chi connectivity index (χ4n) is 2.35. The molecule has 0 fully saturated rings. The minimum Gasteiger partial charge on any atom is -0.490 e. The fraction of sp³-hybridized carbons (Fsp3) is 0.400. The van der Waals surface area contributed by atoms with Gasteiger partial charge in [-0.2, -0.15) is 5.26 Å². The molecule has 1 aromatic carbocycles. The molecular weight excluding hydrogens is 314 g/mol. The Bertz CT molecular complexity index is 725. The highest BCUT2D eigenvalue weighted by Gasteiger charge is 2.13. The number of anilines is 1. The Balaban J connectivity index is 2.20. The molecular formula is C20H25N3O2. The van der Waals surface area contributed by atoms with Gasteiger partial charge in [0.25, 0.3) is 0 Å². The topological polar surface area (TPSA) is 67.2 Å². The van der Waals surface area contributed by atoms with Crippen LogP contribution in [0, 0.1) is 11.3 Å². The third kappa shape index (κ3) is 5.12. The van der Waals surface area contributed by atoms with Gasteiger partial charge in [0.2, 0.25) is 0 Å². The molecule has 0 aliphatic heterocycles. The molecule has 1 heterocycles. The summed E-state index contributed by atoms with van der Waals surface area (Å²) in [4.78, 5) is 4.26. The van der Waals surface area contributed by atoms with E-state index in [0.29, 0.717) is 24.6 Å². The number of pyridine rings is 1. The monoisotopic (exact) mass is 339 g/mol. The largest absolute Gasteiger partial charge is 0.490 e. The highest BCUT2D eigenvalue weighted by atomic mass is 16.5. The molecule has 1 N–H and O–H groups in total. The molecule has 0 radical (unpaired) electrons. The van der Waals surface area contributed by atoms with Crippen LogP contribution in [-0.2, 0) is 0 Å². The summed E-state index contributed by atoms with van der Waals surface area (Å²) in [5.41, 5.74) is 1.57. The lowest BCUT2D eigenvalue weighted by molar-refractivity contribution is 0.268. The van der Waals surface area contributed by atoms with Gasteiger partial charge in [-0.25, -0.2) is 4.98 Å². The SMILES string of the molecule is CCCOc1ccc(C(C)Nc2ncccc2C#N)cc1OCCC. The molecule has 0 aliphatic rings. The van der Waals surface area contributed by atoms with Gasteiger partial charge in [0.15, 0.2) is 11.5 Å². The first kappa shape index (κ1) is 18.6. The molecule has 1 aromatic heterocycles. The highest BCUT2D eigenvalue weighted by Crippen LogP contribution is 2.32. The Kier molecular flexibility index (Phi) is 7.09. The molecule has 1 atom stereocenters. The average Bonchev–Trinajstić information content (AvgIpc) is 2.65. The van der Waals surface area contributed by atoms with Crippen molar-refractivity contribution in [3.63, 3.8) is 0 Å². The molecule has 132 valence electrons. The number of nitrogens with zero attached hydrogens (tertiary/aromatic N) is 2. The number of nitriles is 1. The lowest BCUT2D eigenvalue weighted by atomic mass is 10.1. The number of hydrogen-bond acceptors (Lipinski definition) is 5. The molecule has 0 saturated heterocycles. The predicted octanol–water partition coefficient (Wildman–Crippen LogP) is 4.70. The Morgan fingerprint density at radius 3 is 2.52 bits per heavy atom. The maximum Gasteiger partial charge on any atom is 0.161 e. The van der Waals surface area contributed by atoms with Crippen LogP contribution in [0.15, 0.2) is 36.5 Å². The van der Waals surface area contributed by atoms with Gasteiger partial charge in [0, 0.05) is 6.20 Å². The molecule has 0 aliphatic carbocycles. The van der Waals surface area contributed by atoms with E-state index in [1.165, 1.54) is 0 Å². The number of nitrogens with one attached hydrogen (secondary N) is 1. The Morgan fingerprint density at radius 1 is 1.12 bits per heavy atom. The molecule has 0 saturated carbocycles. The van der Waals surface area contributed by atoms with Crippen molar-refractivity contribution in [2.45, 2.75) is 39.7 Å². The molecule has 0 bridgehead atoms. The van der Waals surface area contributed by atoms with Crippen molar-refractivity contribution in [3.8, 4) is 17.6 Å². The van der Waals surface area contributed by atoms with Crippen LogP contribution < -0.4 is 14.8 Å². The molecule has 0 amide bonds. The summed E-state index contributed by atoms with van der Waals surface area (Å²) in [7, 11) is 0. The van der Waals surface area contributed by atoms with Gasteiger partial charge in [-0.05, 0) is 49.6 Å². The second-order valence-corrected chi connectivity index (χ2v) is 5.78. The van der Waals surface area contributed by atoms with E-state index in [-0.39, 0.29) is 6.04 Å². The zero-order valence-electron chi connectivity index (χ0n) is 15.1. The minimum absolute atomic E-state index is 0.0220. The van der Waals surface area contributed by atoms with E-state index < -0.39 is 0 Å². The predicted molar refractivity (Wildman–Crippen MR) is 99.0 cm³/mol. The van der Waals surface area contributed by atoms with E-state index in [0.717, 1.165) is 29.9 Å². The summed E-state index contributed by atoms with van der Waals surface area (Å²) in [5.74, 6) is 2.10. The zero-order chi connectivity index (χ0) is 18.1. The number of aromatic nitrogens is 1. The maximum atomic E-state index is 9.20. The first-order valence-corrected chi connectivity index (χ1v) is 8.70. The third-order valence-corrected chi connectivity index (χ3v) is 3.67. The van der Waals surface area contributed by atoms with Gasteiger partial charge < -0.3 is 14.8 Å². The van der Waals surface area contributed by atoms with Crippen LogP contribution in [0.25, 0.3) is 0 Å². The van der Waals surface area contributed by atoms with Gasteiger partial charge in [0.1, 0.15) is 11.9 Å². The lowest BCUT2D eigenvalue weighted by Gasteiger charge is -2.18. The van der Waals surface area contributed by atoms with Crippen LogP contribution in [0.5, 0.6) is 11.5 Å². The molecule has 0 spiro atoms. The number of rotatable bonds is 9. The zero-order valence-corrected chi connectivity index (χ0v) is 15.1. The Morgan fingerprint density at radius 2 is 1.84 bits per heavy atom. The summed E-state index contributed by atoms with van der Waals surface area (Å²) in [5, 5.41) is 12.5. The van der Waals surface area contributed by atoms with E-state index in [9.17, 15) is 5.26 Å². The van der Waals surface area contributed by atoms with Crippen LogP contribution in [0.3, 0.4) is 0 Å². The van der Waals surface area contributed by atoms with Gasteiger partial charge >= 0.3 is 0 Å². The third-order valence-electron chi connectivity index (χ3n) is 3.67. The molecule has 2 rings (SSSR count). The summed E-state index contributed by atoms with van der Waals surface area (Å²) < 4.78 is 11.6. The molecule has 5 heteroatoms. The number of ether oxygens (including phenoxy) is 2. The summed E-state index contributed by atoms with van der Waals surface area (Å²) in [6.07, 6.45) is 3.56. The van der Waals surface area contributed by atoms with E-state index in [4.69, 9.17) is 9.47 Å². The number of benzene rings is 1. The van der Waals surface area contributed by atoms with Gasteiger partial charge in [-0.3, -0.25) is 0 Å². The van der Waals surface area contributed by atoms with Crippen molar-refractivity contribution >= 4 is 5.82 Å². The number of hydrogen-bond donors (Lipinski definition) is 1. The van der Waals surface area contributed by atoms with E-state index >= 15 is 0 Å². The second-order valence-electron chi connectivity index (χ2n) is 5.78. The van der Waals surface area contributed by atoms with Crippen LogP contribution >= 0.6 is 0 Å². The normalized spacial score (nSPS) is 11.4. The smallest absolute Gasteiger partial charge is 0.161 e. The average molecular weight is 339 g/mol. The van der Waals surface area contributed by atoms with Crippen molar-refractivity contribution < 1.29 is 9.47 Å². The standard InChI is InChI=1S/C20H25N3O2/c1-4-11-24-18-9-8-16(13-19(18)25-12-5-2)15(3)23-20-17(14-21)7-6-10-22-20/h6-10,13,15H,4-5,11-12H2,1-3H3,(H,22,23). The minimum atomic E-state index is -0.0220. The second kappa shape index (κ2) is 9.53. The summed E-state index contributed by atoms with van der Waals surface area (Å²) in [6, 6.07) is 11.6. The van der Waals surface area contributed by atoms with Crippen molar-refractivity contribution in [1.29, 1.82) is 5.26 Å². The van der Waals surface area contributed by atoms with Gasteiger partial charge in [-0.1, -0.05) is 19.9 Å². The van der Waals surface area contributed by atoms with Gasteiger partial charge in [-0.15, -0.1) is 0 Å². The van der Waals surface area contributed by atoms with Crippen LogP contribution in [0.4, 0.5) is 5.82 Å². The van der Waals surface area contributed by atoms with Crippen LogP contribution in [-0.4, -0.2) is 18.2 Å². The molecule has 5 nitrogen and oxygen atoms in total. The van der Waals surface area contributed by atoms with Crippen LogP contribution in [0.2, 0.25) is 0 Å². The van der Waals surface area contributed by atoms with Crippen LogP contribution in [0.1, 0.15) is 50.8 Å². The van der Waals surface area contributed by atoms with Crippen molar-refractivity contribution in [1.82, 2.24) is 4.98 Å².